The highest BCUT2D eigenvalue weighted by atomic mass is 35.5. The molecule has 0 amide bonds. The molecule has 2 unspecified atom stereocenters. The molecule has 4 aromatic rings. The molecule has 5 nitrogen and oxygen atoms in total. The normalized spacial score (nSPS) is 17.1. The molecule has 2 atom stereocenters. The largest absolute Gasteiger partial charge is 0.493 e. The van der Waals surface area contributed by atoms with Gasteiger partial charge in [0.25, 0.3) is 0 Å². The van der Waals surface area contributed by atoms with Gasteiger partial charge in [-0.25, -0.2) is 4.79 Å². The predicted octanol–water partition coefficient (Wildman–Crippen LogP) is 6.90. The zero-order valence-electron chi connectivity index (χ0n) is 20.9. The van der Waals surface area contributed by atoms with Crippen molar-refractivity contribution in [3.05, 3.63) is 112 Å². The van der Waals surface area contributed by atoms with Crippen molar-refractivity contribution in [3.63, 3.8) is 0 Å². The Hall–Kier alpha value is -3.09. The van der Waals surface area contributed by atoms with Crippen molar-refractivity contribution in [1.82, 2.24) is 5.32 Å². The van der Waals surface area contributed by atoms with Crippen LogP contribution in [-0.2, 0) is 17.8 Å². The first-order valence-corrected chi connectivity index (χ1v) is 13.0. The second-order valence-corrected chi connectivity index (χ2v) is 9.84. The van der Waals surface area contributed by atoms with E-state index in [0.717, 1.165) is 25.3 Å². The van der Waals surface area contributed by atoms with Crippen molar-refractivity contribution in [2.45, 2.75) is 31.5 Å². The Labute approximate surface area is 234 Å². The van der Waals surface area contributed by atoms with E-state index < -0.39 is 5.97 Å². The van der Waals surface area contributed by atoms with E-state index in [4.69, 9.17) is 21.1 Å². The van der Waals surface area contributed by atoms with Gasteiger partial charge in [-0.15, -0.1) is 12.4 Å². The lowest BCUT2D eigenvalue weighted by Gasteiger charge is -2.32. The summed E-state index contributed by atoms with van der Waals surface area (Å²) in [6.07, 6.45) is 1.56. The molecule has 198 valence electrons. The van der Waals surface area contributed by atoms with Crippen LogP contribution in [0.2, 0.25) is 5.02 Å². The minimum atomic E-state index is -0.963. The Morgan fingerprint density at radius 3 is 2.55 bits per heavy atom. The van der Waals surface area contributed by atoms with E-state index in [9.17, 15) is 9.90 Å². The maximum absolute atomic E-state index is 11.5. The third kappa shape index (κ3) is 6.86. The molecule has 1 aliphatic heterocycles. The number of piperidine rings is 1. The molecule has 1 aliphatic rings. The first kappa shape index (κ1) is 27.9. The molecule has 0 spiro atoms. The zero-order chi connectivity index (χ0) is 25.6. The molecular formula is C31H31Cl2NO4. The number of halogens is 2. The molecule has 1 fully saturated rings. The summed E-state index contributed by atoms with van der Waals surface area (Å²) in [6, 6.07) is 27.9. The monoisotopic (exact) mass is 551 g/mol. The lowest BCUT2D eigenvalue weighted by Crippen LogP contribution is -2.40. The number of fused-ring (bicyclic) bond motifs is 1. The highest BCUT2D eigenvalue weighted by Gasteiger charge is 2.27. The molecule has 0 radical (unpaired) electrons. The number of hydrogen-bond acceptors (Lipinski definition) is 4. The van der Waals surface area contributed by atoms with Gasteiger partial charge >= 0.3 is 5.97 Å². The standard InChI is InChI=1S/C31H30ClNO4.ClH/c32-26-9-12-29(31(34)35)25(18-26)14-16-36-27-10-7-23(8-11-27)28-13-15-33-19-30(28)37-20-21-5-6-22-3-1-2-4-24(22)17-21;/h1-12,17-18,28,30,33H,13-16,19-20H2,(H,34,35);1H. The summed E-state index contributed by atoms with van der Waals surface area (Å²) in [7, 11) is 0. The van der Waals surface area contributed by atoms with Gasteiger partial charge in [0.1, 0.15) is 5.75 Å². The number of aromatic carboxylic acids is 1. The SMILES string of the molecule is Cl.O=C(O)c1ccc(Cl)cc1CCOc1ccc(C2CCNCC2OCc2ccc3ccccc3c2)cc1. The highest BCUT2D eigenvalue weighted by Crippen LogP contribution is 2.30. The van der Waals surface area contributed by atoms with Crippen molar-refractivity contribution in [2.24, 2.45) is 0 Å². The van der Waals surface area contributed by atoms with Crippen LogP contribution in [0.3, 0.4) is 0 Å². The lowest BCUT2D eigenvalue weighted by atomic mass is 9.87. The second kappa shape index (κ2) is 13.1. The fraction of sp³-hybridized carbons (Fsp3) is 0.258. The van der Waals surface area contributed by atoms with Crippen molar-refractivity contribution >= 4 is 40.7 Å². The van der Waals surface area contributed by atoms with Crippen LogP contribution in [0.1, 0.15) is 39.4 Å². The Kier molecular flexibility index (Phi) is 9.64. The minimum Gasteiger partial charge on any atom is -0.493 e. The molecule has 1 saturated heterocycles. The van der Waals surface area contributed by atoms with E-state index in [1.807, 2.05) is 12.1 Å². The molecule has 0 saturated carbocycles. The Bertz CT molecular complexity index is 1380. The number of rotatable bonds is 9. The summed E-state index contributed by atoms with van der Waals surface area (Å²) in [5, 5.41) is 15.8. The first-order valence-electron chi connectivity index (χ1n) is 12.6. The van der Waals surface area contributed by atoms with Crippen LogP contribution < -0.4 is 10.1 Å². The van der Waals surface area contributed by atoms with Gasteiger partial charge in [0.05, 0.1) is 24.9 Å². The number of ether oxygens (including phenoxy) is 2. The predicted molar refractivity (Wildman–Crippen MR) is 154 cm³/mol. The lowest BCUT2D eigenvalue weighted by molar-refractivity contribution is 0.0106. The topological polar surface area (TPSA) is 67.8 Å². The van der Waals surface area contributed by atoms with Gasteiger partial charge in [0.15, 0.2) is 0 Å². The molecule has 5 rings (SSSR count). The van der Waals surface area contributed by atoms with E-state index >= 15 is 0 Å². The van der Waals surface area contributed by atoms with E-state index in [-0.39, 0.29) is 24.1 Å². The van der Waals surface area contributed by atoms with Crippen LogP contribution in [0, 0.1) is 0 Å². The quantitative estimate of drug-likeness (QED) is 0.237. The fourth-order valence-electron chi connectivity index (χ4n) is 4.99. The molecular weight excluding hydrogens is 521 g/mol. The number of hydrogen-bond donors (Lipinski definition) is 2. The third-order valence-electron chi connectivity index (χ3n) is 6.95. The summed E-state index contributed by atoms with van der Waals surface area (Å²) in [5.41, 5.74) is 3.33. The van der Waals surface area contributed by atoms with Crippen molar-refractivity contribution in [1.29, 1.82) is 0 Å². The second-order valence-electron chi connectivity index (χ2n) is 9.40. The summed E-state index contributed by atoms with van der Waals surface area (Å²) in [6.45, 7) is 2.73. The van der Waals surface area contributed by atoms with E-state index in [1.165, 1.54) is 28.0 Å². The van der Waals surface area contributed by atoms with E-state index in [1.54, 1.807) is 12.1 Å². The third-order valence-corrected chi connectivity index (χ3v) is 7.19. The van der Waals surface area contributed by atoms with Crippen molar-refractivity contribution in [2.75, 3.05) is 19.7 Å². The number of benzene rings is 4. The molecule has 38 heavy (non-hydrogen) atoms. The van der Waals surface area contributed by atoms with Gasteiger partial charge in [0.2, 0.25) is 0 Å². The average Bonchev–Trinajstić information content (AvgIpc) is 2.92. The van der Waals surface area contributed by atoms with Crippen LogP contribution >= 0.6 is 24.0 Å². The summed E-state index contributed by atoms with van der Waals surface area (Å²) < 4.78 is 12.3. The number of carbonyl (C=O) groups is 1. The number of carboxylic acid groups (broad SMARTS) is 1. The molecule has 7 heteroatoms. The van der Waals surface area contributed by atoms with Crippen molar-refractivity contribution < 1.29 is 19.4 Å². The van der Waals surface area contributed by atoms with Crippen LogP contribution in [0.25, 0.3) is 10.8 Å². The summed E-state index contributed by atoms with van der Waals surface area (Å²) in [4.78, 5) is 11.5. The number of carboxylic acids is 1. The van der Waals surface area contributed by atoms with Gasteiger partial charge in [-0.05, 0) is 76.8 Å². The number of nitrogens with one attached hydrogen (secondary N) is 1. The van der Waals surface area contributed by atoms with Crippen LogP contribution in [-0.4, -0.2) is 36.9 Å². The van der Waals surface area contributed by atoms with Gasteiger partial charge in [0, 0.05) is 23.9 Å². The summed E-state index contributed by atoms with van der Waals surface area (Å²) in [5.74, 6) is 0.0981. The van der Waals surface area contributed by atoms with Gasteiger partial charge in [-0.1, -0.05) is 60.1 Å². The van der Waals surface area contributed by atoms with E-state index in [2.05, 4.69) is 59.9 Å². The zero-order valence-corrected chi connectivity index (χ0v) is 22.5. The minimum absolute atomic E-state index is 0. The van der Waals surface area contributed by atoms with Gasteiger partial charge in [-0.3, -0.25) is 0 Å². The van der Waals surface area contributed by atoms with Crippen molar-refractivity contribution in [3.8, 4) is 5.75 Å². The fourth-order valence-corrected chi connectivity index (χ4v) is 5.18. The van der Waals surface area contributed by atoms with Crippen LogP contribution in [0.5, 0.6) is 5.75 Å². The molecule has 4 aromatic carbocycles. The Balaban J connectivity index is 0.00000336. The smallest absolute Gasteiger partial charge is 0.335 e. The maximum Gasteiger partial charge on any atom is 0.335 e. The van der Waals surface area contributed by atoms with Crippen LogP contribution in [0.4, 0.5) is 0 Å². The molecule has 0 aliphatic carbocycles. The van der Waals surface area contributed by atoms with Crippen LogP contribution in [0.15, 0.2) is 84.9 Å². The molecule has 0 bridgehead atoms. The Morgan fingerprint density at radius 2 is 1.76 bits per heavy atom. The maximum atomic E-state index is 11.5. The molecule has 0 aromatic heterocycles. The Morgan fingerprint density at radius 1 is 0.974 bits per heavy atom. The first-order chi connectivity index (χ1) is 18.1. The molecule has 1 heterocycles. The highest BCUT2D eigenvalue weighted by molar-refractivity contribution is 6.30. The van der Waals surface area contributed by atoms with Gasteiger partial charge < -0.3 is 19.9 Å². The van der Waals surface area contributed by atoms with Gasteiger partial charge in [-0.2, -0.15) is 0 Å². The van der Waals surface area contributed by atoms with E-state index in [0.29, 0.717) is 36.1 Å². The molecule has 2 N–H and O–H groups in total. The average molecular weight is 552 g/mol. The summed E-state index contributed by atoms with van der Waals surface area (Å²) >= 11 is 6.05.